The number of nitrogens with zero attached hydrogens (tertiary/aromatic N) is 2. The highest BCUT2D eigenvalue weighted by molar-refractivity contribution is 7.99. The number of halogens is 1. The van der Waals surface area contributed by atoms with Gasteiger partial charge in [0.15, 0.2) is 5.16 Å². The van der Waals surface area contributed by atoms with Crippen LogP contribution in [0.1, 0.15) is 5.56 Å². The first kappa shape index (κ1) is 13.5. The van der Waals surface area contributed by atoms with Gasteiger partial charge in [0.2, 0.25) is 0 Å². The fourth-order valence-corrected chi connectivity index (χ4v) is 2.37. The van der Waals surface area contributed by atoms with Crippen LogP contribution in [0.4, 0.5) is 4.39 Å². The Kier molecular flexibility index (Phi) is 3.82. The van der Waals surface area contributed by atoms with Gasteiger partial charge >= 0.3 is 11.1 Å². The van der Waals surface area contributed by atoms with Crippen molar-refractivity contribution < 1.29 is 4.39 Å². The standard InChI is InChI=1S/C11H11FN4O2S/c1-16-11(14-9(17)10(18)15-16)19-8-3-2-7(12)4-6(8)5-13/h2-4H,5,13H2,1H3,(H,15,18). The van der Waals surface area contributed by atoms with E-state index in [1.807, 2.05) is 0 Å². The zero-order valence-corrected chi connectivity index (χ0v) is 10.8. The number of aromatic amines is 1. The molecule has 0 atom stereocenters. The maximum atomic E-state index is 13.1. The van der Waals surface area contributed by atoms with E-state index in [2.05, 4.69) is 10.1 Å². The van der Waals surface area contributed by atoms with E-state index in [1.54, 1.807) is 13.1 Å². The average Bonchev–Trinajstić information content (AvgIpc) is 2.37. The lowest BCUT2D eigenvalue weighted by molar-refractivity contribution is 0.596. The molecule has 0 fully saturated rings. The summed E-state index contributed by atoms with van der Waals surface area (Å²) in [5.41, 5.74) is 4.49. The van der Waals surface area contributed by atoms with Crippen molar-refractivity contribution in [1.29, 1.82) is 0 Å². The lowest BCUT2D eigenvalue weighted by atomic mass is 10.2. The Morgan fingerprint density at radius 3 is 2.89 bits per heavy atom. The van der Waals surface area contributed by atoms with Crippen molar-refractivity contribution in [3.05, 3.63) is 50.3 Å². The first-order chi connectivity index (χ1) is 9.01. The molecule has 1 aromatic carbocycles. The number of aryl methyl sites for hydroxylation is 1. The second-order valence-electron chi connectivity index (χ2n) is 3.76. The predicted octanol–water partition coefficient (Wildman–Crippen LogP) is 0.218. The SMILES string of the molecule is Cn1[nH]c(=O)c(=O)nc1Sc1ccc(F)cc1CN. The molecule has 0 spiro atoms. The zero-order valence-electron chi connectivity index (χ0n) is 10.0. The molecule has 19 heavy (non-hydrogen) atoms. The van der Waals surface area contributed by atoms with Crippen LogP contribution in [0.15, 0.2) is 37.8 Å². The van der Waals surface area contributed by atoms with Gasteiger partial charge in [-0.1, -0.05) is 0 Å². The molecule has 3 N–H and O–H groups in total. The number of rotatable bonds is 3. The van der Waals surface area contributed by atoms with Crippen molar-refractivity contribution in [2.75, 3.05) is 0 Å². The Labute approximate surface area is 111 Å². The molecule has 0 aliphatic rings. The van der Waals surface area contributed by atoms with Crippen molar-refractivity contribution in [3.63, 3.8) is 0 Å². The molecule has 0 amide bonds. The third-order valence-corrected chi connectivity index (χ3v) is 3.56. The molecule has 0 saturated carbocycles. The van der Waals surface area contributed by atoms with Crippen LogP contribution >= 0.6 is 11.8 Å². The first-order valence-corrected chi connectivity index (χ1v) is 6.16. The Morgan fingerprint density at radius 2 is 2.21 bits per heavy atom. The molecule has 1 heterocycles. The largest absolute Gasteiger partial charge is 0.339 e. The topological polar surface area (TPSA) is 93.8 Å². The van der Waals surface area contributed by atoms with E-state index in [9.17, 15) is 14.0 Å². The van der Waals surface area contributed by atoms with Crippen molar-refractivity contribution in [3.8, 4) is 0 Å². The molecule has 0 bridgehead atoms. The minimum atomic E-state index is -0.864. The van der Waals surface area contributed by atoms with Gasteiger partial charge in [-0.3, -0.25) is 19.4 Å². The van der Waals surface area contributed by atoms with E-state index in [1.165, 1.54) is 16.8 Å². The number of benzene rings is 1. The van der Waals surface area contributed by atoms with Crippen LogP contribution in [-0.4, -0.2) is 14.8 Å². The number of hydrogen-bond donors (Lipinski definition) is 2. The number of H-pyrrole nitrogens is 1. The number of nitrogens with one attached hydrogen (secondary N) is 1. The predicted molar refractivity (Wildman–Crippen MR) is 68.5 cm³/mol. The third kappa shape index (κ3) is 2.91. The lowest BCUT2D eigenvalue weighted by Gasteiger charge is -2.09. The number of aromatic nitrogens is 3. The fraction of sp³-hybridized carbons (Fsp3) is 0.182. The minimum Gasteiger partial charge on any atom is -0.326 e. The maximum Gasteiger partial charge on any atom is 0.339 e. The van der Waals surface area contributed by atoms with Crippen molar-refractivity contribution in [1.82, 2.24) is 14.8 Å². The van der Waals surface area contributed by atoms with E-state index in [-0.39, 0.29) is 12.4 Å². The van der Waals surface area contributed by atoms with Gasteiger partial charge < -0.3 is 5.73 Å². The van der Waals surface area contributed by atoms with Crippen LogP contribution in [0.3, 0.4) is 0 Å². The second-order valence-corrected chi connectivity index (χ2v) is 4.77. The molecular weight excluding hydrogens is 271 g/mol. The molecule has 0 aliphatic carbocycles. The van der Waals surface area contributed by atoms with Crippen LogP contribution in [0.25, 0.3) is 0 Å². The van der Waals surface area contributed by atoms with Gasteiger partial charge in [0.1, 0.15) is 5.82 Å². The maximum absolute atomic E-state index is 13.1. The number of hydrogen-bond acceptors (Lipinski definition) is 5. The summed E-state index contributed by atoms with van der Waals surface area (Å²) >= 11 is 1.13. The highest BCUT2D eigenvalue weighted by Crippen LogP contribution is 2.28. The van der Waals surface area contributed by atoms with Crippen molar-refractivity contribution in [2.45, 2.75) is 16.6 Å². The van der Waals surface area contributed by atoms with Gasteiger partial charge in [0, 0.05) is 18.5 Å². The highest BCUT2D eigenvalue weighted by atomic mass is 32.2. The Hall–Kier alpha value is -1.93. The fourth-order valence-electron chi connectivity index (χ4n) is 1.46. The van der Waals surface area contributed by atoms with E-state index >= 15 is 0 Å². The molecule has 6 nitrogen and oxygen atoms in total. The van der Waals surface area contributed by atoms with Gasteiger partial charge in [-0.05, 0) is 35.5 Å². The Bertz CT molecular complexity index is 725. The monoisotopic (exact) mass is 282 g/mol. The van der Waals surface area contributed by atoms with Gasteiger partial charge in [-0.2, -0.15) is 4.98 Å². The molecule has 0 unspecified atom stereocenters. The number of nitrogens with two attached hydrogens (primary N) is 1. The molecule has 0 radical (unpaired) electrons. The van der Waals surface area contributed by atoms with Gasteiger partial charge in [-0.25, -0.2) is 4.39 Å². The van der Waals surface area contributed by atoms with E-state index in [0.717, 1.165) is 11.8 Å². The van der Waals surface area contributed by atoms with Crippen LogP contribution in [0, 0.1) is 5.82 Å². The van der Waals surface area contributed by atoms with Crippen LogP contribution in [-0.2, 0) is 13.6 Å². The van der Waals surface area contributed by atoms with Gasteiger partial charge in [-0.15, -0.1) is 0 Å². The van der Waals surface area contributed by atoms with Gasteiger partial charge in [0.25, 0.3) is 0 Å². The first-order valence-electron chi connectivity index (χ1n) is 5.35. The zero-order chi connectivity index (χ0) is 14.0. The van der Waals surface area contributed by atoms with Crippen LogP contribution < -0.4 is 16.9 Å². The third-order valence-electron chi connectivity index (χ3n) is 2.39. The average molecular weight is 282 g/mol. The van der Waals surface area contributed by atoms with E-state index in [0.29, 0.717) is 15.6 Å². The van der Waals surface area contributed by atoms with Crippen LogP contribution in [0.5, 0.6) is 0 Å². The molecule has 8 heteroatoms. The molecule has 100 valence electrons. The summed E-state index contributed by atoms with van der Waals surface area (Å²) in [4.78, 5) is 26.6. The van der Waals surface area contributed by atoms with Crippen molar-refractivity contribution in [2.24, 2.45) is 12.8 Å². The smallest absolute Gasteiger partial charge is 0.326 e. The lowest BCUT2D eigenvalue weighted by Crippen LogP contribution is -2.33. The quantitative estimate of drug-likeness (QED) is 0.785. The summed E-state index contributed by atoms with van der Waals surface area (Å²) < 4.78 is 14.4. The van der Waals surface area contributed by atoms with Crippen LogP contribution in [0.2, 0.25) is 0 Å². The van der Waals surface area contributed by atoms with E-state index in [4.69, 9.17) is 5.73 Å². The summed E-state index contributed by atoms with van der Waals surface area (Å²) in [7, 11) is 1.56. The van der Waals surface area contributed by atoms with Crippen molar-refractivity contribution >= 4 is 11.8 Å². The summed E-state index contributed by atoms with van der Waals surface area (Å²) in [5.74, 6) is -0.381. The summed E-state index contributed by atoms with van der Waals surface area (Å²) in [6.45, 7) is 0.164. The second kappa shape index (κ2) is 5.37. The highest BCUT2D eigenvalue weighted by Gasteiger charge is 2.09. The Balaban J connectivity index is 2.44. The van der Waals surface area contributed by atoms with E-state index < -0.39 is 11.1 Å². The molecular formula is C11H11FN4O2S. The van der Waals surface area contributed by atoms with Gasteiger partial charge in [0.05, 0.1) is 0 Å². The normalized spacial score (nSPS) is 10.7. The molecule has 0 saturated heterocycles. The summed E-state index contributed by atoms with van der Waals surface area (Å²) in [5, 5.41) is 2.63. The summed E-state index contributed by atoms with van der Waals surface area (Å²) in [6, 6.07) is 4.18. The summed E-state index contributed by atoms with van der Waals surface area (Å²) in [6.07, 6.45) is 0. The molecule has 1 aromatic heterocycles. The molecule has 2 rings (SSSR count). The molecule has 0 aliphatic heterocycles. The molecule has 2 aromatic rings. The minimum absolute atomic E-state index is 0.164. The Morgan fingerprint density at radius 1 is 1.47 bits per heavy atom.